The van der Waals surface area contributed by atoms with Crippen molar-refractivity contribution in [1.82, 2.24) is 4.90 Å². The van der Waals surface area contributed by atoms with Crippen LogP contribution in [0, 0.1) is 10.1 Å². The van der Waals surface area contributed by atoms with E-state index in [1.165, 1.54) is 36.3 Å². The van der Waals surface area contributed by atoms with Crippen LogP contribution in [0.5, 0.6) is 0 Å². The van der Waals surface area contributed by atoms with E-state index in [-0.39, 0.29) is 17.8 Å². The number of carbonyl (C=O) groups excluding carboxylic acids is 2. The first kappa shape index (κ1) is 15.6. The van der Waals surface area contributed by atoms with E-state index in [0.29, 0.717) is 13.0 Å². The van der Waals surface area contributed by atoms with Crippen LogP contribution in [0.3, 0.4) is 0 Å². The summed E-state index contributed by atoms with van der Waals surface area (Å²) in [5, 5.41) is 10.7. The molecule has 20 heavy (non-hydrogen) atoms. The highest BCUT2D eigenvalue weighted by Gasteiger charge is 2.20. The summed E-state index contributed by atoms with van der Waals surface area (Å²) in [6.07, 6.45) is 0.664. The normalized spacial score (nSPS) is 9.90. The molecule has 0 aromatic heterocycles. The summed E-state index contributed by atoms with van der Waals surface area (Å²) < 4.78 is 4.53. The minimum absolute atomic E-state index is 0.162. The topological polar surface area (TPSA) is 89.8 Å². The summed E-state index contributed by atoms with van der Waals surface area (Å²) in [6, 6.07) is 5.42. The lowest BCUT2D eigenvalue weighted by molar-refractivity contribution is -0.384. The molecular weight excluding hydrogens is 264 g/mol. The number of non-ortho nitro benzene ring substituents is 1. The first-order valence-electron chi connectivity index (χ1n) is 6.10. The second-order valence-corrected chi connectivity index (χ2v) is 4.11. The van der Waals surface area contributed by atoms with E-state index in [9.17, 15) is 19.7 Å². The SMILES string of the molecule is CCCN(CC(=O)OC)C(=O)c1cccc([N+](=O)[O-])c1. The molecule has 1 rings (SSSR count). The average Bonchev–Trinajstić information content (AvgIpc) is 2.45. The molecule has 0 aliphatic carbocycles. The van der Waals surface area contributed by atoms with Gasteiger partial charge in [0.05, 0.1) is 12.0 Å². The van der Waals surface area contributed by atoms with Gasteiger partial charge in [-0.15, -0.1) is 0 Å². The minimum atomic E-state index is -0.568. The zero-order valence-electron chi connectivity index (χ0n) is 11.4. The molecule has 0 heterocycles. The van der Waals surface area contributed by atoms with Crippen LogP contribution >= 0.6 is 0 Å². The number of rotatable bonds is 6. The van der Waals surface area contributed by atoms with Crippen molar-refractivity contribution >= 4 is 17.6 Å². The maximum absolute atomic E-state index is 12.3. The van der Waals surface area contributed by atoms with E-state index in [1.807, 2.05) is 6.92 Å². The van der Waals surface area contributed by atoms with E-state index < -0.39 is 16.8 Å². The lowest BCUT2D eigenvalue weighted by Crippen LogP contribution is -2.36. The molecule has 0 atom stereocenters. The van der Waals surface area contributed by atoms with Crippen molar-refractivity contribution in [2.24, 2.45) is 0 Å². The zero-order valence-corrected chi connectivity index (χ0v) is 11.4. The molecule has 7 heteroatoms. The van der Waals surface area contributed by atoms with Crippen molar-refractivity contribution in [3.05, 3.63) is 39.9 Å². The summed E-state index contributed by atoms with van der Waals surface area (Å²) in [4.78, 5) is 35.0. The standard InChI is InChI=1S/C13H16N2O5/c1-3-7-14(9-12(16)20-2)13(17)10-5-4-6-11(8-10)15(18)19/h4-6,8H,3,7,9H2,1-2H3. The van der Waals surface area contributed by atoms with Crippen LogP contribution in [-0.2, 0) is 9.53 Å². The molecule has 0 aliphatic heterocycles. The van der Waals surface area contributed by atoms with Gasteiger partial charge in [0.1, 0.15) is 6.54 Å². The number of amides is 1. The number of nitro benzene ring substituents is 1. The minimum Gasteiger partial charge on any atom is -0.468 e. The molecule has 1 aromatic rings. The average molecular weight is 280 g/mol. The fraction of sp³-hybridized carbons (Fsp3) is 0.385. The van der Waals surface area contributed by atoms with Crippen LogP contribution in [0.2, 0.25) is 0 Å². The molecule has 1 amide bonds. The Bertz CT molecular complexity index is 515. The first-order valence-corrected chi connectivity index (χ1v) is 6.10. The number of hydrogen-bond acceptors (Lipinski definition) is 5. The highest BCUT2D eigenvalue weighted by molar-refractivity contribution is 5.96. The number of nitrogens with zero attached hydrogens (tertiary/aromatic N) is 2. The van der Waals surface area contributed by atoms with Gasteiger partial charge in [0, 0.05) is 24.2 Å². The summed E-state index contributed by atoms with van der Waals surface area (Å²) in [7, 11) is 1.24. The highest BCUT2D eigenvalue weighted by Crippen LogP contribution is 2.15. The van der Waals surface area contributed by atoms with Crippen LogP contribution in [0.4, 0.5) is 5.69 Å². The maximum Gasteiger partial charge on any atom is 0.325 e. The molecule has 0 saturated heterocycles. The van der Waals surface area contributed by atoms with Gasteiger partial charge < -0.3 is 9.64 Å². The highest BCUT2D eigenvalue weighted by atomic mass is 16.6. The van der Waals surface area contributed by atoms with Crippen molar-refractivity contribution in [1.29, 1.82) is 0 Å². The van der Waals surface area contributed by atoms with Crippen LogP contribution in [0.15, 0.2) is 24.3 Å². The van der Waals surface area contributed by atoms with Crippen molar-refractivity contribution in [2.45, 2.75) is 13.3 Å². The zero-order chi connectivity index (χ0) is 15.1. The van der Waals surface area contributed by atoms with Gasteiger partial charge in [0.2, 0.25) is 0 Å². The van der Waals surface area contributed by atoms with Gasteiger partial charge in [-0.25, -0.2) is 0 Å². The number of methoxy groups -OCH3 is 1. The Morgan fingerprint density at radius 2 is 2.10 bits per heavy atom. The number of ether oxygens (including phenoxy) is 1. The van der Waals surface area contributed by atoms with Gasteiger partial charge in [-0.1, -0.05) is 13.0 Å². The van der Waals surface area contributed by atoms with Gasteiger partial charge in [-0.05, 0) is 12.5 Å². The van der Waals surface area contributed by atoms with E-state index in [4.69, 9.17) is 0 Å². The predicted octanol–water partition coefficient (Wildman–Crippen LogP) is 1.62. The van der Waals surface area contributed by atoms with Gasteiger partial charge in [0.15, 0.2) is 0 Å². The van der Waals surface area contributed by atoms with Crippen LogP contribution < -0.4 is 0 Å². The first-order chi connectivity index (χ1) is 9.49. The molecule has 7 nitrogen and oxygen atoms in total. The molecule has 0 bridgehead atoms. The summed E-state index contributed by atoms with van der Waals surface area (Å²) in [5.41, 5.74) is 0.0157. The smallest absolute Gasteiger partial charge is 0.325 e. The Morgan fingerprint density at radius 1 is 1.40 bits per heavy atom. The van der Waals surface area contributed by atoms with E-state index in [1.54, 1.807) is 0 Å². The van der Waals surface area contributed by atoms with Gasteiger partial charge in [-0.2, -0.15) is 0 Å². The van der Waals surface area contributed by atoms with Crippen LogP contribution in [0.25, 0.3) is 0 Å². The van der Waals surface area contributed by atoms with Crippen molar-refractivity contribution in [3.8, 4) is 0 Å². The monoisotopic (exact) mass is 280 g/mol. The Morgan fingerprint density at radius 3 is 2.65 bits per heavy atom. The fourth-order valence-electron chi connectivity index (χ4n) is 1.68. The third-order valence-electron chi connectivity index (χ3n) is 2.63. The predicted molar refractivity (Wildman–Crippen MR) is 71.3 cm³/mol. The van der Waals surface area contributed by atoms with Crippen molar-refractivity contribution < 1.29 is 19.2 Å². The van der Waals surface area contributed by atoms with E-state index in [2.05, 4.69) is 4.74 Å². The molecule has 0 unspecified atom stereocenters. The van der Waals surface area contributed by atoms with E-state index in [0.717, 1.165) is 0 Å². The van der Waals surface area contributed by atoms with Crippen LogP contribution in [0.1, 0.15) is 23.7 Å². The largest absolute Gasteiger partial charge is 0.468 e. The molecule has 1 aromatic carbocycles. The molecule has 0 N–H and O–H groups in total. The molecule has 0 aliphatic rings. The second kappa shape index (κ2) is 7.22. The number of carbonyl (C=O) groups is 2. The van der Waals surface area contributed by atoms with Gasteiger partial charge in [-0.3, -0.25) is 19.7 Å². The van der Waals surface area contributed by atoms with Crippen molar-refractivity contribution in [3.63, 3.8) is 0 Å². The molecular formula is C13H16N2O5. The van der Waals surface area contributed by atoms with Gasteiger partial charge >= 0.3 is 5.97 Å². The lowest BCUT2D eigenvalue weighted by Gasteiger charge is -2.20. The third kappa shape index (κ3) is 4.04. The molecule has 0 spiro atoms. The quantitative estimate of drug-likeness (QED) is 0.448. The number of hydrogen-bond donors (Lipinski definition) is 0. The number of esters is 1. The third-order valence-corrected chi connectivity index (χ3v) is 2.63. The van der Waals surface area contributed by atoms with E-state index >= 15 is 0 Å². The second-order valence-electron chi connectivity index (χ2n) is 4.11. The Kier molecular flexibility index (Phi) is 5.64. The molecule has 108 valence electrons. The Labute approximate surface area is 116 Å². The Hall–Kier alpha value is -2.44. The maximum atomic E-state index is 12.3. The number of nitro groups is 1. The number of benzene rings is 1. The fourth-order valence-corrected chi connectivity index (χ4v) is 1.68. The van der Waals surface area contributed by atoms with Gasteiger partial charge in [0.25, 0.3) is 11.6 Å². The van der Waals surface area contributed by atoms with Crippen molar-refractivity contribution in [2.75, 3.05) is 20.2 Å². The molecule has 0 radical (unpaired) electrons. The lowest BCUT2D eigenvalue weighted by atomic mass is 10.1. The van der Waals surface area contributed by atoms with Crippen LogP contribution in [-0.4, -0.2) is 41.9 Å². The summed E-state index contributed by atoms with van der Waals surface area (Å²) in [5.74, 6) is -0.960. The Balaban J connectivity index is 2.96. The molecule has 0 saturated carbocycles. The summed E-state index contributed by atoms with van der Waals surface area (Å²) >= 11 is 0. The summed E-state index contributed by atoms with van der Waals surface area (Å²) in [6.45, 7) is 2.06. The molecule has 0 fully saturated rings.